The van der Waals surface area contributed by atoms with E-state index in [0.29, 0.717) is 28.1 Å². The van der Waals surface area contributed by atoms with Crippen LogP contribution in [0.3, 0.4) is 0 Å². The highest BCUT2D eigenvalue weighted by Crippen LogP contribution is 2.28. The lowest BCUT2D eigenvalue weighted by atomic mass is 9.98. The number of aryl methyl sites for hydroxylation is 1. The van der Waals surface area contributed by atoms with Gasteiger partial charge in [0.2, 0.25) is 0 Å². The number of alkyl halides is 3. The van der Waals surface area contributed by atoms with E-state index in [9.17, 15) is 13.2 Å². The van der Waals surface area contributed by atoms with E-state index in [4.69, 9.17) is 16.9 Å². The SMILES string of the molecule is Cc1cc(CC(F)(F)F)ccc1/C(N)=C1/C(C(=N)N)=CNN1C. The Morgan fingerprint density at radius 3 is 2.48 bits per heavy atom. The van der Waals surface area contributed by atoms with Gasteiger partial charge in [0.1, 0.15) is 5.84 Å². The van der Waals surface area contributed by atoms with Crippen LogP contribution in [0.15, 0.2) is 35.7 Å². The van der Waals surface area contributed by atoms with Crippen LogP contribution in [0.2, 0.25) is 0 Å². The normalized spacial score (nSPS) is 16.9. The molecule has 124 valence electrons. The number of nitrogens with zero attached hydrogens (tertiary/aromatic N) is 1. The van der Waals surface area contributed by atoms with Crippen LogP contribution in [0.4, 0.5) is 13.2 Å². The maximum absolute atomic E-state index is 12.5. The number of nitrogens with two attached hydrogens (primary N) is 2. The van der Waals surface area contributed by atoms with Crippen molar-refractivity contribution in [1.82, 2.24) is 10.4 Å². The quantitative estimate of drug-likeness (QED) is 0.505. The fraction of sp³-hybridized carbons (Fsp3) is 0.267. The Hall–Kier alpha value is -2.64. The van der Waals surface area contributed by atoms with Crippen LogP contribution in [0.1, 0.15) is 16.7 Å². The highest BCUT2D eigenvalue weighted by Gasteiger charge is 2.28. The molecule has 1 heterocycles. The molecule has 1 aliphatic rings. The van der Waals surface area contributed by atoms with Gasteiger partial charge in [0, 0.05) is 18.8 Å². The average molecular weight is 325 g/mol. The minimum Gasteiger partial charge on any atom is -0.396 e. The molecular formula is C15H18F3N5. The predicted octanol–water partition coefficient (Wildman–Crippen LogP) is 2.00. The Kier molecular flexibility index (Phi) is 4.26. The molecule has 1 aromatic carbocycles. The molecule has 1 aliphatic heterocycles. The molecule has 0 aromatic heterocycles. The van der Waals surface area contributed by atoms with E-state index >= 15 is 0 Å². The van der Waals surface area contributed by atoms with E-state index in [1.807, 2.05) is 0 Å². The third-order valence-corrected chi connectivity index (χ3v) is 3.52. The monoisotopic (exact) mass is 325 g/mol. The maximum Gasteiger partial charge on any atom is 0.393 e. The number of hydrazine groups is 1. The second kappa shape index (κ2) is 5.86. The zero-order chi connectivity index (χ0) is 17.4. The minimum atomic E-state index is -4.25. The third kappa shape index (κ3) is 3.58. The fourth-order valence-electron chi connectivity index (χ4n) is 2.50. The molecule has 0 bridgehead atoms. The molecule has 2 rings (SSSR count). The van der Waals surface area contributed by atoms with Gasteiger partial charge in [0.25, 0.3) is 0 Å². The lowest BCUT2D eigenvalue weighted by molar-refractivity contribution is -0.127. The summed E-state index contributed by atoms with van der Waals surface area (Å²) in [5.74, 6) is -0.147. The smallest absolute Gasteiger partial charge is 0.393 e. The molecule has 0 unspecified atom stereocenters. The van der Waals surface area contributed by atoms with Crippen LogP contribution >= 0.6 is 0 Å². The molecule has 6 N–H and O–H groups in total. The number of hydrogen-bond acceptors (Lipinski definition) is 4. The van der Waals surface area contributed by atoms with Gasteiger partial charge in [-0.25, -0.2) is 0 Å². The number of nitrogens with one attached hydrogen (secondary N) is 2. The van der Waals surface area contributed by atoms with Crippen LogP contribution < -0.4 is 16.9 Å². The van der Waals surface area contributed by atoms with Crippen LogP contribution in [-0.2, 0) is 6.42 Å². The molecule has 5 nitrogen and oxygen atoms in total. The summed E-state index contributed by atoms with van der Waals surface area (Å²) in [4.78, 5) is 0. The number of rotatable bonds is 3. The first-order chi connectivity index (χ1) is 10.6. The lowest BCUT2D eigenvalue weighted by Crippen LogP contribution is -2.27. The first-order valence-corrected chi connectivity index (χ1v) is 6.81. The summed E-state index contributed by atoms with van der Waals surface area (Å²) in [7, 11) is 1.71. The van der Waals surface area contributed by atoms with Crippen LogP contribution in [0.5, 0.6) is 0 Å². The molecule has 23 heavy (non-hydrogen) atoms. The van der Waals surface area contributed by atoms with Crippen molar-refractivity contribution in [2.45, 2.75) is 19.5 Å². The molecule has 0 amide bonds. The third-order valence-electron chi connectivity index (χ3n) is 3.52. The van der Waals surface area contributed by atoms with Gasteiger partial charge in [-0.2, -0.15) is 13.2 Å². The molecule has 0 atom stereocenters. The predicted molar refractivity (Wildman–Crippen MR) is 82.9 cm³/mol. The second-order valence-corrected chi connectivity index (χ2v) is 5.36. The highest BCUT2D eigenvalue weighted by molar-refractivity contribution is 6.01. The molecule has 0 saturated carbocycles. The molecule has 0 fully saturated rings. The van der Waals surface area contributed by atoms with Gasteiger partial charge >= 0.3 is 6.18 Å². The number of hydrogen-bond donors (Lipinski definition) is 4. The summed E-state index contributed by atoms with van der Waals surface area (Å²) >= 11 is 0. The van der Waals surface area contributed by atoms with Gasteiger partial charge in [-0.05, 0) is 18.1 Å². The van der Waals surface area contributed by atoms with Crippen molar-refractivity contribution in [3.8, 4) is 0 Å². The van der Waals surface area contributed by atoms with Crippen molar-refractivity contribution in [1.29, 1.82) is 5.41 Å². The van der Waals surface area contributed by atoms with E-state index in [1.165, 1.54) is 12.1 Å². The summed E-state index contributed by atoms with van der Waals surface area (Å²) in [5.41, 5.74) is 17.3. The van der Waals surface area contributed by atoms with Gasteiger partial charge in [-0.1, -0.05) is 18.2 Å². The summed E-state index contributed by atoms with van der Waals surface area (Å²) < 4.78 is 37.4. The van der Waals surface area contributed by atoms with E-state index in [-0.39, 0.29) is 11.4 Å². The van der Waals surface area contributed by atoms with E-state index in [2.05, 4.69) is 5.43 Å². The van der Waals surface area contributed by atoms with Crippen molar-refractivity contribution >= 4 is 11.5 Å². The molecule has 0 spiro atoms. The molecular weight excluding hydrogens is 307 g/mol. The van der Waals surface area contributed by atoms with Gasteiger partial charge in [-0.15, -0.1) is 0 Å². The average Bonchev–Trinajstić information content (AvgIpc) is 2.78. The van der Waals surface area contributed by atoms with E-state index in [1.54, 1.807) is 31.2 Å². The molecule has 8 heteroatoms. The number of amidine groups is 1. The largest absolute Gasteiger partial charge is 0.396 e. The van der Waals surface area contributed by atoms with Crippen LogP contribution in [0.25, 0.3) is 5.70 Å². The Morgan fingerprint density at radius 1 is 1.30 bits per heavy atom. The summed E-state index contributed by atoms with van der Waals surface area (Å²) in [5, 5.41) is 9.19. The molecule has 0 saturated heterocycles. The molecule has 1 aromatic rings. The van der Waals surface area contributed by atoms with Crippen LogP contribution in [0, 0.1) is 12.3 Å². The Balaban J connectivity index is 2.43. The summed E-state index contributed by atoms with van der Waals surface area (Å²) in [6.07, 6.45) is -3.68. The van der Waals surface area contributed by atoms with Gasteiger partial charge in [0.15, 0.2) is 0 Å². The van der Waals surface area contributed by atoms with Crippen molar-refractivity contribution in [2.75, 3.05) is 7.05 Å². The number of benzene rings is 1. The lowest BCUT2D eigenvalue weighted by Gasteiger charge is -2.20. The summed E-state index contributed by atoms with van der Waals surface area (Å²) in [6.45, 7) is 1.70. The van der Waals surface area contributed by atoms with E-state index < -0.39 is 12.6 Å². The first-order valence-electron chi connectivity index (χ1n) is 6.81. The zero-order valence-corrected chi connectivity index (χ0v) is 12.8. The zero-order valence-electron chi connectivity index (χ0n) is 12.8. The van der Waals surface area contributed by atoms with Crippen LogP contribution in [-0.4, -0.2) is 24.1 Å². The number of likely N-dealkylation sites (N-methyl/N-ethyl adjacent to an activating group) is 1. The molecule has 0 radical (unpaired) electrons. The maximum atomic E-state index is 12.5. The van der Waals surface area contributed by atoms with Crippen molar-refractivity contribution in [3.05, 3.63) is 52.4 Å². The molecule has 0 aliphatic carbocycles. The Labute approximate surface area is 131 Å². The Bertz CT molecular complexity index is 704. The fourth-order valence-corrected chi connectivity index (χ4v) is 2.50. The van der Waals surface area contributed by atoms with Gasteiger partial charge in [0.05, 0.1) is 23.4 Å². The van der Waals surface area contributed by atoms with Gasteiger partial charge < -0.3 is 16.9 Å². The second-order valence-electron chi connectivity index (χ2n) is 5.36. The van der Waals surface area contributed by atoms with Crippen molar-refractivity contribution in [3.63, 3.8) is 0 Å². The van der Waals surface area contributed by atoms with Crippen molar-refractivity contribution in [2.24, 2.45) is 11.5 Å². The standard InChI is InChI=1S/C15H18F3N5/c1-8-5-9(6-15(16,17)18)3-4-10(8)12(19)13-11(14(20)21)7-22-23(13)2/h3-5,7,22H,6,19H2,1-2H3,(H3,20,21)/b13-12+. The number of halogens is 3. The first kappa shape index (κ1) is 16.7. The topological polar surface area (TPSA) is 91.2 Å². The van der Waals surface area contributed by atoms with E-state index in [0.717, 1.165) is 0 Å². The van der Waals surface area contributed by atoms with Crippen molar-refractivity contribution < 1.29 is 13.2 Å². The minimum absolute atomic E-state index is 0.147. The highest BCUT2D eigenvalue weighted by atomic mass is 19.4. The van der Waals surface area contributed by atoms with Gasteiger partial charge in [-0.3, -0.25) is 10.4 Å². The summed E-state index contributed by atoms with van der Waals surface area (Å²) in [6, 6.07) is 4.43. The Morgan fingerprint density at radius 2 is 1.96 bits per heavy atom.